The third kappa shape index (κ3) is 6.32. The van der Waals surface area contributed by atoms with Crippen molar-refractivity contribution < 1.29 is 17.6 Å². The van der Waals surface area contributed by atoms with E-state index in [0.29, 0.717) is 5.56 Å². The van der Waals surface area contributed by atoms with Gasteiger partial charge in [-0.25, -0.2) is 18.2 Å². The van der Waals surface area contributed by atoms with Crippen LogP contribution in [0.4, 0.5) is 4.39 Å². The largest absolute Gasteiger partial charge is 0.272 e. The Morgan fingerprint density at radius 3 is 2.22 bits per heavy atom. The minimum absolute atomic E-state index is 0.0643. The lowest BCUT2D eigenvalue weighted by Crippen LogP contribution is -2.39. The summed E-state index contributed by atoms with van der Waals surface area (Å²) >= 11 is 0. The Bertz CT molecular complexity index is 1160. The number of hydrogen-bond acceptors (Lipinski definition) is 4. The molecule has 0 saturated carbocycles. The van der Waals surface area contributed by atoms with Crippen molar-refractivity contribution in [3.8, 4) is 0 Å². The number of carbonyl (C=O) groups is 1. The summed E-state index contributed by atoms with van der Waals surface area (Å²) in [5.41, 5.74) is 4.92. The zero-order chi connectivity index (χ0) is 23.0. The van der Waals surface area contributed by atoms with Gasteiger partial charge in [-0.3, -0.25) is 4.79 Å². The van der Waals surface area contributed by atoms with Crippen LogP contribution in [0.5, 0.6) is 0 Å². The van der Waals surface area contributed by atoms with E-state index >= 15 is 0 Å². The second-order valence-corrected chi connectivity index (χ2v) is 9.04. The van der Waals surface area contributed by atoms with Crippen LogP contribution in [0.25, 0.3) is 0 Å². The molecule has 0 bridgehead atoms. The van der Waals surface area contributed by atoms with Gasteiger partial charge in [0.15, 0.2) is 0 Å². The van der Waals surface area contributed by atoms with Gasteiger partial charge in [-0.05, 0) is 47.4 Å². The van der Waals surface area contributed by atoms with E-state index in [1.165, 1.54) is 48.2 Å². The van der Waals surface area contributed by atoms with E-state index in [0.717, 1.165) is 16.3 Å². The number of hydrogen-bond donors (Lipinski definition) is 1. The molecular weight excluding hydrogens is 429 g/mol. The van der Waals surface area contributed by atoms with Gasteiger partial charge < -0.3 is 0 Å². The van der Waals surface area contributed by atoms with Gasteiger partial charge >= 0.3 is 0 Å². The molecule has 0 aromatic heterocycles. The molecule has 8 heteroatoms. The van der Waals surface area contributed by atoms with Gasteiger partial charge in [0.05, 0.1) is 17.7 Å². The van der Waals surface area contributed by atoms with Crippen molar-refractivity contribution in [2.75, 3.05) is 6.54 Å². The van der Waals surface area contributed by atoms with Crippen LogP contribution in [0.1, 0.15) is 23.6 Å². The number of benzene rings is 3. The number of halogens is 1. The zero-order valence-corrected chi connectivity index (χ0v) is 18.4. The van der Waals surface area contributed by atoms with E-state index in [2.05, 4.69) is 17.5 Å². The van der Waals surface area contributed by atoms with Crippen LogP contribution in [0.15, 0.2) is 88.9 Å². The summed E-state index contributed by atoms with van der Waals surface area (Å²) in [6, 6.07) is 21.0. The molecule has 166 valence electrons. The molecule has 0 heterocycles. The Morgan fingerprint density at radius 2 is 1.59 bits per heavy atom. The number of rotatable bonds is 9. The molecule has 3 aromatic rings. The summed E-state index contributed by atoms with van der Waals surface area (Å²) in [5.74, 6) is -1.02. The topological polar surface area (TPSA) is 78.8 Å². The fourth-order valence-corrected chi connectivity index (χ4v) is 4.38. The van der Waals surface area contributed by atoms with Crippen molar-refractivity contribution in [3.63, 3.8) is 0 Å². The molecule has 1 N–H and O–H groups in total. The molecule has 3 aromatic carbocycles. The first-order valence-corrected chi connectivity index (χ1v) is 11.5. The number of nitrogens with zero attached hydrogens (tertiary/aromatic N) is 2. The van der Waals surface area contributed by atoms with E-state index in [9.17, 15) is 17.6 Å². The summed E-state index contributed by atoms with van der Waals surface area (Å²) in [5, 5.41) is 3.93. The third-order valence-electron chi connectivity index (χ3n) is 4.76. The van der Waals surface area contributed by atoms with Crippen molar-refractivity contribution in [1.82, 2.24) is 9.73 Å². The lowest BCUT2D eigenvalue weighted by Gasteiger charge is -2.21. The maximum absolute atomic E-state index is 13.2. The Labute approximate surface area is 187 Å². The molecule has 0 fully saturated rings. The van der Waals surface area contributed by atoms with E-state index < -0.39 is 28.3 Å². The third-order valence-corrected chi connectivity index (χ3v) is 6.57. The number of amides is 1. The SMILES string of the molecule is CCc1ccc(/C=N\NC(=O)CN(Cc2ccc(F)cc2)S(=O)(=O)c2ccccc2)cc1. The summed E-state index contributed by atoms with van der Waals surface area (Å²) in [6.07, 6.45) is 2.42. The quantitative estimate of drug-likeness (QED) is 0.396. The molecular formula is C24H24FN3O3S. The van der Waals surface area contributed by atoms with Gasteiger partial charge in [-0.2, -0.15) is 9.41 Å². The van der Waals surface area contributed by atoms with E-state index in [1.807, 2.05) is 24.3 Å². The smallest absolute Gasteiger partial charge is 0.255 e. The fourth-order valence-electron chi connectivity index (χ4n) is 2.97. The number of sulfonamides is 1. The fraction of sp³-hybridized carbons (Fsp3) is 0.167. The molecule has 0 radical (unpaired) electrons. The summed E-state index contributed by atoms with van der Waals surface area (Å²) < 4.78 is 40.5. The van der Waals surface area contributed by atoms with Gasteiger partial charge in [0.1, 0.15) is 5.82 Å². The predicted octanol–water partition coefficient (Wildman–Crippen LogP) is 3.73. The van der Waals surface area contributed by atoms with Crippen LogP contribution in [0.3, 0.4) is 0 Å². The molecule has 3 rings (SSSR count). The first kappa shape index (κ1) is 23.3. The number of carbonyl (C=O) groups excluding carboxylic acids is 1. The lowest BCUT2D eigenvalue weighted by molar-refractivity contribution is -0.121. The van der Waals surface area contributed by atoms with Gasteiger partial charge in [0, 0.05) is 6.54 Å². The number of nitrogens with one attached hydrogen (secondary N) is 1. The lowest BCUT2D eigenvalue weighted by atomic mass is 10.1. The monoisotopic (exact) mass is 453 g/mol. The molecule has 0 atom stereocenters. The predicted molar refractivity (Wildman–Crippen MR) is 122 cm³/mol. The molecule has 0 unspecified atom stereocenters. The minimum Gasteiger partial charge on any atom is -0.272 e. The van der Waals surface area contributed by atoms with Crippen LogP contribution in [0.2, 0.25) is 0 Å². The van der Waals surface area contributed by atoms with E-state index in [1.54, 1.807) is 18.2 Å². The van der Waals surface area contributed by atoms with Crippen molar-refractivity contribution in [2.45, 2.75) is 24.8 Å². The standard InChI is InChI=1S/C24H24FN3O3S/c1-2-19-8-10-20(11-9-19)16-26-27-24(29)18-28(17-21-12-14-22(25)15-13-21)32(30,31)23-6-4-3-5-7-23/h3-16H,2,17-18H2,1H3,(H,27,29)/b26-16-. The van der Waals surface area contributed by atoms with Gasteiger partial charge in [0.25, 0.3) is 5.91 Å². The highest BCUT2D eigenvalue weighted by Crippen LogP contribution is 2.18. The van der Waals surface area contributed by atoms with Gasteiger partial charge in [-0.1, -0.05) is 61.5 Å². The maximum atomic E-state index is 13.2. The Hall–Kier alpha value is -3.36. The zero-order valence-electron chi connectivity index (χ0n) is 17.6. The molecule has 0 aliphatic rings. The molecule has 6 nitrogen and oxygen atoms in total. The average Bonchev–Trinajstić information content (AvgIpc) is 2.81. The molecule has 32 heavy (non-hydrogen) atoms. The van der Waals surface area contributed by atoms with E-state index in [4.69, 9.17) is 0 Å². The second-order valence-electron chi connectivity index (χ2n) is 7.10. The minimum atomic E-state index is -3.96. The highest BCUT2D eigenvalue weighted by molar-refractivity contribution is 7.89. The van der Waals surface area contributed by atoms with Crippen LogP contribution in [-0.4, -0.2) is 31.4 Å². The van der Waals surface area contributed by atoms with Crippen molar-refractivity contribution in [2.24, 2.45) is 5.10 Å². The average molecular weight is 454 g/mol. The highest BCUT2D eigenvalue weighted by atomic mass is 32.2. The molecule has 0 saturated heterocycles. The molecule has 0 aliphatic carbocycles. The number of hydrazone groups is 1. The summed E-state index contributed by atoms with van der Waals surface area (Å²) in [6.45, 7) is 1.53. The molecule has 1 amide bonds. The Morgan fingerprint density at radius 1 is 0.969 bits per heavy atom. The van der Waals surface area contributed by atoms with Gasteiger partial charge in [0.2, 0.25) is 10.0 Å². The second kappa shape index (κ2) is 10.8. The Kier molecular flexibility index (Phi) is 7.86. The molecule has 0 aliphatic heterocycles. The van der Waals surface area contributed by atoms with Gasteiger partial charge in [-0.15, -0.1) is 0 Å². The van der Waals surface area contributed by atoms with Crippen molar-refractivity contribution in [3.05, 3.63) is 101 Å². The van der Waals surface area contributed by atoms with Crippen LogP contribution < -0.4 is 5.43 Å². The Balaban J connectivity index is 1.74. The first-order chi connectivity index (χ1) is 15.4. The first-order valence-electron chi connectivity index (χ1n) is 10.1. The molecule has 0 spiro atoms. The summed E-state index contributed by atoms with van der Waals surface area (Å²) in [4.78, 5) is 12.5. The summed E-state index contributed by atoms with van der Waals surface area (Å²) in [7, 11) is -3.96. The number of aryl methyl sites for hydroxylation is 1. The normalized spacial score (nSPS) is 11.7. The van der Waals surface area contributed by atoms with E-state index in [-0.39, 0.29) is 11.4 Å². The van der Waals surface area contributed by atoms with Crippen LogP contribution in [0, 0.1) is 5.82 Å². The van der Waals surface area contributed by atoms with Crippen LogP contribution in [-0.2, 0) is 27.8 Å². The van der Waals surface area contributed by atoms with Crippen molar-refractivity contribution >= 4 is 22.1 Å². The highest BCUT2D eigenvalue weighted by Gasteiger charge is 2.26. The maximum Gasteiger partial charge on any atom is 0.255 e. The van der Waals surface area contributed by atoms with Crippen LogP contribution >= 0.6 is 0 Å². The van der Waals surface area contributed by atoms with Crippen molar-refractivity contribution in [1.29, 1.82) is 0 Å².